The zero-order chi connectivity index (χ0) is 26.4. The molecule has 1 atom stereocenters. The van der Waals surface area contributed by atoms with E-state index >= 15 is 0 Å². The topological polar surface area (TPSA) is 71.4 Å². The minimum atomic E-state index is -0.370. The van der Waals surface area contributed by atoms with Crippen molar-refractivity contribution in [2.75, 3.05) is 13.2 Å². The summed E-state index contributed by atoms with van der Waals surface area (Å²) in [6.07, 6.45) is 4.75. The van der Waals surface area contributed by atoms with Gasteiger partial charge in [-0.2, -0.15) is 13.8 Å². The number of hydrogen-bond donors (Lipinski definition) is 1. The molecule has 3 aromatic rings. The maximum Gasteiger partial charge on any atom is 0.289 e. The zero-order valence-electron chi connectivity index (χ0n) is 23.7. The third-order valence-electron chi connectivity index (χ3n) is 6.24. The number of carbonyl (C=O) groups is 1. The van der Waals surface area contributed by atoms with E-state index in [0.717, 1.165) is 58.9 Å². The first-order valence-electron chi connectivity index (χ1n) is 13.4. The minimum Gasteiger partial charge on any atom is -0.520 e. The van der Waals surface area contributed by atoms with Crippen molar-refractivity contribution in [1.82, 2.24) is 14.9 Å². The van der Waals surface area contributed by atoms with Crippen LogP contribution in [0.5, 0.6) is 0 Å². The van der Waals surface area contributed by atoms with E-state index in [1.807, 2.05) is 72.4 Å². The number of furan rings is 1. The number of nitrogens with zero attached hydrogens (tertiary/aromatic N) is 2. The van der Waals surface area contributed by atoms with E-state index in [1.54, 1.807) is 6.33 Å². The zero-order valence-corrected chi connectivity index (χ0v) is 27.9. The standard InChI is InChI=1S/C26H30N3O3.2C2H6.U/c1-15(2)13-31-24(16(3)4)26(30)29-12-11-19-22(28-14-27-19)23(29)25-21(17-9-10-17)18-7-5-6-8-20(18)32-25;2*1-2;/h5-8,14,17,23H,9-13H2,1-4H3,(H,27,28);2*1-2H3;/q-1;;;. The Morgan fingerprint density at radius 3 is 2.46 bits per heavy atom. The van der Waals surface area contributed by atoms with Gasteiger partial charge in [0, 0.05) is 60.7 Å². The summed E-state index contributed by atoms with van der Waals surface area (Å²) in [6.45, 7) is 16.9. The fourth-order valence-corrected chi connectivity index (χ4v) is 4.61. The number of ether oxygens (including phenoxy) is 1. The molecule has 1 N–H and O–H groups in total. The summed E-state index contributed by atoms with van der Waals surface area (Å²) < 4.78 is 12.5. The van der Waals surface area contributed by atoms with E-state index in [9.17, 15) is 4.79 Å². The van der Waals surface area contributed by atoms with Gasteiger partial charge in [-0.05, 0) is 50.9 Å². The van der Waals surface area contributed by atoms with Crippen molar-refractivity contribution >= 4 is 16.9 Å². The number of allylic oxidation sites excluding steroid dienone is 1. The second-order valence-corrected chi connectivity index (χ2v) is 9.39. The van der Waals surface area contributed by atoms with E-state index in [-0.39, 0.29) is 43.1 Å². The number of imidazole rings is 1. The van der Waals surface area contributed by atoms with Crippen molar-refractivity contribution in [2.24, 2.45) is 0 Å². The summed E-state index contributed by atoms with van der Waals surface area (Å²) in [5.74, 6) is 2.76. The average molecular weight is 731 g/mol. The maximum atomic E-state index is 13.8. The Hall–Kier alpha value is -1.97. The van der Waals surface area contributed by atoms with Crippen LogP contribution in [0.25, 0.3) is 11.0 Å². The fraction of sp³-hybridized carbons (Fsp3) is 0.500. The van der Waals surface area contributed by atoms with Crippen molar-refractivity contribution < 1.29 is 45.1 Å². The monoisotopic (exact) mass is 730 g/mol. The Morgan fingerprint density at radius 1 is 1.16 bits per heavy atom. The van der Waals surface area contributed by atoms with Crippen LogP contribution in [-0.2, 0) is 16.0 Å². The molecule has 3 heterocycles. The molecule has 6 nitrogen and oxygen atoms in total. The van der Waals surface area contributed by atoms with Crippen LogP contribution in [0.15, 0.2) is 46.3 Å². The molecule has 1 unspecified atom stereocenters. The van der Waals surface area contributed by atoms with E-state index in [0.29, 0.717) is 24.8 Å². The third-order valence-corrected chi connectivity index (χ3v) is 6.24. The molecule has 7 heteroatoms. The molecule has 0 saturated heterocycles. The molecule has 5 rings (SSSR count). The number of aromatic amines is 1. The first kappa shape index (κ1) is 31.3. The molecule has 1 saturated carbocycles. The van der Waals surface area contributed by atoms with Gasteiger partial charge in [-0.15, -0.1) is 0 Å². The molecule has 0 spiro atoms. The molecule has 1 aromatic carbocycles. The van der Waals surface area contributed by atoms with Crippen molar-refractivity contribution in [3.05, 3.63) is 70.6 Å². The van der Waals surface area contributed by atoms with E-state index in [2.05, 4.69) is 22.1 Å². The summed E-state index contributed by atoms with van der Waals surface area (Å²) >= 11 is 0. The molecule has 1 amide bonds. The third kappa shape index (κ3) is 6.73. The van der Waals surface area contributed by atoms with Gasteiger partial charge < -0.3 is 19.0 Å². The summed E-state index contributed by atoms with van der Waals surface area (Å²) in [5, 5.41) is 1.15. The molecule has 1 fully saturated rings. The molecular weight excluding hydrogens is 688 g/mol. The van der Waals surface area contributed by atoms with Gasteiger partial charge in [0.25, 0.3) is 5.91 Å². The van der Waals surface area contributed by atoms with Crippen LogP contribution in [0.2, 0.25) is 0 Å². The molecule has 1 aliphatic heterocycles. The van der Waals surface area contributed by atoms with Gasteiger partial charge in [-0.1, -0.05) is 45.9 Å². The SMILES string of the molecule is CC.CC.CC(C)=C(OC[C-](C)C)C(=O)N1CCc2[nH]cnc2C1c1oc2ccccc2c1C1CC1.[U]. The fourth-order valence-electron chi connectivity index (χ4n) is 4.61. The number of nitrogens with one attached hydrogen (secondary N) is 1. The molecule has 2 aromatic heterocycles. The Kier molecular flexibility index (Phi) is 12.0. The number of amides is 1. The van der Waals surface area contributed by atoms with Gasteiger partial charge in [-0.25, -0.2) is 4.98 Å². The van der Waals surface area contributed by atoms with Crippen molar-refractivity contribution in [2.45, 2.75) is 86.6 Å². The second-order valence-electron chi connectivity index (χ2n) is 9.39. The molecule has 1 aliphatic carbocycles. The summed E-state index contributed by atoms with van der Waals surface area (Å²) in [4.78, 5) is 23.6. The van der Waals surface area contributed by atoms with E-state index < -0.39 is 0 Å². The Bertz CT molecular complexity index is 1190. The van der Waals surface area contributed by atoms with Crippen molar-refractivity contribution in [1.29, 1.82) is 0 Å². The molecule has 37 heavy (non-hydrogen) atoms. The number of benzene rings is 1. The number of aromatic nitrogens is 2. The number of para-hydroxylation sites is 1. The van der Waals surface area contributed by atoms with Crippen LogP contribution in [0, 0.1) is 37.0 Å². The summed E-state index contributed by atoms with van der Waals surface area (Å²) in [7, 11) is 0. The minimum absolute atomic E-state index is 0. The van der Waals surface area contributed by atoms with Crippen LogP contribution in [0.3, 0.4) is 0 Å². The first-order valence-corrected chi connectivity index (χ1v) is 13.4. The number of carbonyl (C=O) groups excluding carboxylic acids is 1. The van der Waals surface area contributed by atoms with Gasteiger partial charge in [0.2, 0.25) is 0 Å². The first-order chi connectivity index (χ1) is 17.5. The van der Waals surface area contributed by atoms with Crippen molar-refractivity contribution in [3.63, 3.8) is 0 Å². The van der Waals surface area contributed by atoms with Gasteiger partial charge in [0.15, 0.2) is 5.76 Å². The number of rotatable bonds is 6. The number of H-pyrrole nitrogens is 1. The van der Waals surface area contributed by atoms with Crippen LogP contribution >= 0.6 is 0 Å². The molecule has 0 bridgehead atoms. The van der Waals surface area contributed by atoms with Crippen LogP contribution < -0.4 is 0 Å². The van der Waals surface area contributed by atoms with Gasteiger partial charge in [0.1, 0.15) is 17.4 Å². The predicted molar refractivity (Wildman–Crippen MR) is 146 cm³/mol. The van der Waals surface area contributed by atoms with Gasteiger partial charge >= 0.3 is 0 Å². The second kappa shape index (κ2) is 14.3. The van der Waals surface area contributed by atoms with E-state index in [1.165, 1.54) is 5.56 Å². The number of fused-ring (bicyclic) bond motifs is 2. The smallest absolute Gasteiger partial charge is 0.289 e. The normalized spacial score (nSPS) is 16.0. The molecule has 200 valence electrons. The van der Waals surface area contributed by atoms with Crippen LogP contribution in [0.1, 0.15) is 103 Å². The van der Waals surface area contributed by atoms with Crippen molar-refractivity contribution in [3.8, 4) is 0 Å². The van der Waals surface area contributed by atoms with Crippen LogP contribution in [-0.4, -0.2) is 33.9 Å². The largest absolute Gasteiger partial charge is 0.520 e. The quantitative estimate of drug-likeness (QED) is 0.162. The van der Waals surface area contributed by atoms with Crippen LogP contribution in [0.4, 0.5) is 0 Å². The predicted octanol–water partition coefficient (Wildman–Crippen LogP) is 7.48. The van der Waals surface area contributed by atoms with Gasteiger partial charge in [0.05, 0.1) is 12.0 Å². The Balaban J connectivity index is 0.000000919. The molecular formula is C30H42N3O3U-. The van der Waals surface area contributed by atoms with E-state index in [4.69, 9.17) is 9.15 Å². The maximum absolute atomic E-state index is 13.8. The Labute approximate surface area is 246 Å². The summed E-state index contributed by atoms with van der Waals surface area (Å²) in [6, 6.07) is 7.81. The molecule has 2 aliphatic rings. The summed E-state index contributed by atoms with van der Waals surface area (Å²) in [5.41, 5.74) is 4.91. The van der Waals surface area contributed by atoms with Gasteiger partial charge in [-0.3, -0.25) is 10.7 Å². The Morgan fingerprint density at radius 2 is 1.84 bits per heavy atom. The molecule has 0 radical (unpaired) electrons. The average Bonchev–Trinajstić information content (AvgIpc) is 3.47. The number of hydrogen-bond acceptors (Lipinski definition) is 4.